The summed E-state index contributed by atoms with van der Waals surface area (Å²) >= 11 is 1.51. The molecule has 0 bridgehead atoms. The van der Waals surface area contributed by atoms with Gasteiger partial charge in [-0.15, -0.1) is 11.3 Å². The molecule has 4 rings (SSSR count). The van der Waals surface area contributed by atoms with Gasteiger partial charge in [-0.25, -0.2) is 9.97 Å². The van der Waals surface area contributed by atoms with Gasteiger partial charge in [-0.05, 0) is 49.8 Å². The summed E-state index contributed by atoms with van der Waals surface area (Å²) < 4.78 is 0. The van der Waals surface area contributed by atoms with E-state index in [-0.39, 0.29) is 5.91 Å². The number of thiophene rings is 1. The Morgan fingerprint density at radius 2 is 1.84 bits per heavy atom. The minimum absolute atomic E-state index is 0.137. The Bertz CT molecular complexity index is 1070. The summed E-state index contributed by atoms with van der Waals surface area (Å²) in [5.74, 6) is 1.99. The van der Waals surface area contributed by atoms with Gasteiger partial charge in [0.2, 0.25) is 0 Å². The Balaban J connectivity index is 1.60. The lowest BCUT2D eigenvalue weighted by atomic mass is 9.96. The molecule has 0 aliphatic carbocycles. The van der Waals surface area contributed by atoms with Crippen molar-refractivity contribution in [2.24, 2.45) is 0 Å². The first-order valence-electron chi connectivity index (χ1n) is 11.0. The van der Waals surface area contributed by atoms with Gasteiger partial charge in [0, 0.05) is 43.9 Å². The predicted octanol–water partition coefficient (Wildman–Crippen LogP) is 4.58. The maximum atomic E-state index is 12.7. The van der Waals surface area contributed by atoms with Crippen LogP contribution in [0.4, 0.5) is 5.82 Å². The molecular formula is C25H30N4OS. The normalized spacial score (nSPS) is 14.2. The third-order valence-electron chi connectivity index (χ3n) is 5.99. The molecule has 1 saturated heterocycles. The van der Waals surface area contributed by atoms with Crippen molar-refractivity contribution in [2.45, 2.75) is 40.5 Å². The lowest BCUT2D eigenvalue weighted by Crippen LogP contribution is -2.49. The van der Waals surface area contributed by atoms with Crippen molar-refractivity contribution >= 4 is 23.1 Å². The van der Waals surface area contributed by atoms with Gasteiger partial charge >= 0.3 is 0 Å². The van der Waals surface area contributed by atoms with E-state index in [1.165, 1.54) is 33.6 Å². The van der Waals surface area contributed by atoms with Crippen LogP contribution in [0.25, 0.3) is 0 Å². The van der Waals surface area contributed by atoms with E-state index in [1.807, 2.05) is 29.3 Å². The molecular weight excluding hydrogens is 404 g/mol. The van der Waals surface area contributed by atoms with Crippen LogP contribution in [-0.2, 0) is 12.8 Å². The summed E-state index contributed by atoms with van der Waals surface area (Å²) in [6.45, 7) is 11.4. The van der Waals surface area contributed by atoms with Crippen molar-refractivity contribution in [3.8, 4) is 0 Å². The fourth-order valence-corrected chi connectivity index (χ4v) is 4.92. The van der Waals surface area contributed by atoms with Crippen molar-refractivity contribution < 1.29 is 4.79 Å². The molecule has 31 heavy (non-hydrogen) atoms. The standard InChI is InChI=1S/C25H30N4OS/c1-5-22-21(16-20-15-17(2)8-9-18(20)3)24(27-19(4)26-22)28-10-12-29(13-11-28)25(30)23-7-6-14-31-23/h6-9,14-15H,5,10-13,16H2,1-4H3. The molecule has 0 saturated carbocycles. The van der Waals surface area contributed by atoms with Gasteiger partial charge in [-0.1, -0.05) is 36.8 Å². The number of anilines is 1. The lowest BCUT2D eigenvalue weighted by molar-refractivity contribution is 0.0751. The fraction of sp³-hybridized carbons (Fsp3) is 0.400. The van der Waals surface area contributed by atoms with Gasteiger partial charge in [0.05, 0.1) is 4.88 Å². The van der Waals surface area contributed by atoms with E-state index in [0.717, 1.165) is 48.1 Å². The van der Waals surface area contributed by atoms with Gasteiger partial charge < -0.3 is 9.80 Å². The van der Waals surface area contributed by atoms with Crippen LogP contribution < -0.4 is 4.90 Å². The average Bonchev–Trinajstić information content (AvgIpc) is 3.31. The Labute approximate surface area is 188 Å². The van der Waals surface area contributed by atoms with Crippen LogP contribution >= 0.6 is 11.3 Å². The van der Waals surface area contributed by atoms with Crippen LogP contribution in [-0.4, -0.2) is 47.0 Å². The number of nitrogens with zero attached hydrogens (tertiary/aromatic N) is 4. The molecule has 1 fully saturated rings. The van der Waals surface area contributed by atoms with E-state index in [0.29, 0.717) is 13.1 Å². The Hall–Kier alpha value is -2.73. The fourth-order valence-electron chi connectivity index (χ4n) is 4.23. The Morgan fingerprint density at radius 1 is 1.06 bits per heavy atom. The van der Waals surface area contributed by atoms with Crippen molar-refractivity contribution in [2.75, 3.05) is 31.1 Å². The highest BCUT2D eigenvalue weighted by molar-refractivity contribution is 7.12. The second-order valence-electron chi connectivity index (χ2n) is 8.24. The monoisotopic (exact) mass is 434 g/mol. The first-order valence-corrected chi connectivity index (χ1v) is 11.8. The number of aromatic nitrogens is 2. The number of rotatable bonds is 5. The summed E-state index contributed by atoms with van der Waals surface area (Å²) in [7, 11) is 0. The SMILES string of the molecule is CCc1nc(C)nc(N2CCN(C(=O)c3cccs3)CC2)c1Cc1cc(C)ccc1C. The minimum Gasteiger partial charge on any atom is -0.353 e. The van der Waals surface area contributed by atoms with E-state index in [2.05, 4.69) is 43.9 Å². The molecule has 3 aromatic rings. The highest BCUT2D eigenvalue weighted by Gasteiger charge is 2.26. The molecule has 0 N–H and O–H groups in total. The summed E-state index contributed by atoms with van der Waals surface area (Å²) in [6, 6.07) is 10.5. The molecule has 2 aromatic heterocycles. The molecule has 6 heteroatoms. The topological polar surface area (TPSA) is 49.3 Å². The van der Waals surface area contributed by atoms with Crippen LogP contribution in [0.1, 0.15) is 50.4 Å². The minimum atomic E-state index is 0.137. The second kappa shape index (κ2) is 9.18. The lowest BCUT2D eigenvalue weighted by Gasteiger charge is -2.36. The molecule has 0 atom stereocenters. The molecule has 162 valence electrons. The van der Waals surface area contributed by atoms with E-state index >= 15 is 0 Å². The highest BCUT2D eigenvalue weighted by Crippen LogP contribution is 2.27. The van der Waals surface area contributed by atoms with Gasteiger partial charge in [0.25, 0.3) is 5.91 Å². The van der Waals surface area contributed by atoms with Crippen LogP contribution in [0.3, 0.4) is 0 Å². The quantitative estimate of drug-likeness (QED) is 0.590. The number of hydrogen-bond acceptors (Lipinski definition) is 5. The first kappa shape index (κ1) is 21.5. The number of benzene rings is 1. The summed E-state index contributed by atoms with van der Waals surface area (Å²) in [5.41, 5.74) is 6.25. The molecule has 3 heterocycles. The van der Waals surface area contributed by atoms with E-state index in [1.54, 1.807) is 0 Å². The van der Waals surface area contributed by atoms with Gasteiger partial charge in [0.1, 0.15) is 11.6 Å². The molecule has 5 nitrogen and oxygen atoms in total. The zero-order chi connectivity index (χ0) is 22.0. The van der Waals surface area contributed by atoms with Crippen LogP contribution in [0, 0.1) is 20.8 Å². The van der Waals surface area contributed by atoms with Gasteiger partial charge in [0.15, 0.2) is 0 Å². The van der Waals surface area contributed by atoms with Crippen LogP contribution in [0.2, 0.25) is 0 Å². The van der Waals surface area contributed by atoms with E-state index in [4.69, 9.17) is 9.97 Å². The number of hydrogen-bond donors (Lipinski definition) is 0. The Morgan fingerprint density at radius 3 is 2.52 bits per heavy atom. The number of aryl methyl sites for hydroxylation is 4. The third-order valence-corrected chi connectivity index (χ3v) is 6.85. The number of amides is 1. The Kier molecular flexibility index (Phi) is 6.37. The van der Waals surface area contributed by atoms with Crippen LogP contribution in [0.5, 0.6) is 0 Å². The maximum Gasteiger partial charge on any atom is 0.264 e. The zero-order valence-electron chi connectivity index (χ0n) is 18.8. The van der Waals surface area contributed by atoms with Gasteiger partial charge in [-0.2, -0.15) is 0 Å². The van der Waals surface area contributed by atoms with Crippen LogP contribution in [0.15, 0.2) is 35.7 Å². The summed E-state index contributed by atoms with van der Waals surface area (Å²) in [5, 5.41) is 1.96. The number of carbonyl (C=O) groups excluding carboxylic acids is 1. The second-order valence-corrected chi connectivity index (χ2v) is 9.18. The third kappa shape index (κ3) is 4.64. The van der Waals surface area contributed by atoms with E-state index < -0.39 is 0 Å². The largest absolute Gasteiger partial charge is 0.353 e. The molecule has 0 unspecified atom stereocenters. The number of carbonyl (C=O) groups is 1. The highest BCUT2D eigenvalue weighted by atomic mass is 32.1. The smallest absolute Gasteiger partial charge is 0.264 e. The van der Waals surface area contributed by atoms with Gasteiger partial charge in [-0.3, -0.25) is 4.79 Å². The van der Waals surface area contributed by atoms with Crippen molar-refractivity contribution in [3.05, 3.63) is 74.4 Å². The molecule has 1 amide bonds. The summed E-state index contributed by atoms with van der Waals surface area (Å²) in [4.78, 5) is 27.5. The summed E-state index contributed by atoms with van der Waals surface area (Å²) in [6.07, 6.45) is 1.72. The zero-order valence-corrected chi connectivity index (χ0v) is 19.6. The van der Waals surface area contributed by atoms with Crippen molar-refractivity contribution in [3.63, 3.8) is 0 Å². The first-order chi connectivity index (χ1) is 15.0. The van der Waals surface area contributed by atoms with Crippen molar-refractivity contribution in [1.82, 2.24) is 14.9 Å². The van der Waals surface area contributed by atoms with E-state index in [9.17, 15) is 4.79 Å². The maximum absolute atomic E-state index is 12.7. The average molecular weight is 435 g/mol. The molecule has 0 spiro atoms. The number of piperazine rings is 1. The molecule has 1 aromatic carbocycles. The molecule has 1 aliphatic rings. The predicted molar refractivity (Wildman–Crippen MR) is 127 cm³/mol. The molecule has 0 radical (unpaired) electrons. The van der Waals surface area contributed by atoms with Crippen molar-refractivity contribution in [1.29, 1.82) is 0 Å². The molecule has 1 aliphatic heterocycles.